The number of urea groups is 1. The van der Waals surface area contributed by atoms with Crippen LogP contribution in [0.1, 0.15) is 31.9 Å². The molecule has 1 aromatic rings. The summed E-state index contributed by atoms with van der Waals surface area (Å²) in [5, 5.41) is 11.8. The molecule has 23 heavy (non-hydrogen) atoms. The van der Waals surface area contributed by atoms with E-state index in [9.17, 15) is 18.4 Å². The van der Waals surface area contributed by atoms with Gasteiger partial charge in [-0.3, -0.25) is 4.79 Å². The second kappa shape index (κ2) is 6.93. The zero-order valence-corrected chi connectivity index (χ0v) is 13.1. The Kier molecular flexibility index (Phi) is 5.18. The fourth-order valence-electron chi connectivity index (χ4n) is 2.84. The highest BCUT2D eigenvalue weighted by molar-refractivity contribution is 5.77. The van der Waals surface area contributed by atoms with Crippen molar-refractivity contribution in [3.05, 3.63) is 35.4 Å². The summed E-state index contributed by atoms with van der Waals surface area (Å²) in [5.41, 5.74) is 0.442. The van der Waals surface area contributed by atoms with Gasteiger partial charge in [0.05, 0.1) is 12.0 Å². The van der Waals surface area contributed by atoms with E-state index in [1.165, 1.54) is 11.0 Å². The summed E-state index contributed by atoms with van der Waals surface area (Å²) in [7, 11) is 0. The topological polar surface area (TPSA) is 69.6 Å². The predicted molar refractivity (Wildman–Crippen MR) is 79.8 cm³/mol. The van der Waals surface area contributed by atoms with Gasteiger partial charge in [-0.2, -0.15) is 0 Å². The first kappa shape index (κ1) is 17.2. The molecule has 0 aliphatic carbocycles. The molecule has 5 nitrogen and oxygen atoms in total. The zero-order valence-electron chi connectivity index (χ0n) is 13.1. The van der Waals surface area contributed by atoms with Gasteiger partial charge in [0.25, 0.3) is 0 Å². The van der Waals surface area contributed by atoms with Crippen LogP contribution in [0.15, 0.2) is 18.2 Å². The van der Waals surface area contributed by atoms with E-state index in [-0.39, 0.29) is 12.5 Å². The zero-order chi connectivity index (χ0) is 17.1. The van der Waals surface area contributed by atoms with Crippen LogP contribution in [0.5, 0.6) is 0 Å². The van der Waals surface area contributed by atoms with Gasteiger partial charge in [0, 0.05) is 13.1 Å². The molecule has 1 heterocycles. The first-order valence-electron chi connectivity index (χ1n) is 7.51. The number of rotatable bonds is 3. The van der Waals surface area contributed by atoms with Gasteiger partial charge in [-0.1, -0.05) is 13.0 Å². The molecular formula is C16H20F2N2O3. The minimum absolute atomic E-state index is 0.0918. The summed E-state index contributed by atoms with van der Waals surface area (Å²) in [6.45, 7) is 4.18. The molecule has 0 radical (unpaired) electrons. The van der Waals surface area contributed by atoms with Crippen molar-refractivity contribution in [3.63, 3.8) is 0 Å². The molecular weight excluding hydrogens is 306 g/mol. The smallest absolute Gasteiger partial charge is 0.317 e. The number of benzene rings is 1. The Balaban J connectivity index is 2.02. The lowest BCUT2D eigenvalue weighted by molar-refractivity contribution is -0.143. The number of hydrogen-bond acceptors (Lipinski definition) is 2. The highest BCUT2D eigenvalue weighted by Gasteiger charge is 2.32. The van der Waals surface area contributed by atoms with Crippen LogP contribution in [0.3, 0.4) is 0 Å². The molecule has 1 saturated heterocycles. The van der Waals surface area contributed by atoms with Crippen molar-refractivity contribution in [2.45, 2.75) is 26.3 Å². The molecule has 2 N–H and O–H groups in total. The molecule has 2 rings (SSSR count). The molecule has 1 fully saturated rings. The summed E-state index contributed by atoms with van der Waals surface area (Å²) in [6, 6.07) is 2.54. The highest BCUT2D eigenvalue weighted by Crippen LogP contribution is 2.23. The second-order valence-corrected chi connectivity index (χ2v) is 6.13. The third kappa shape index (κ3) is 4.18. The van der Waals surface area contributed by atoms with Crippen molar-refractivity contribution in [1.82, 2.24) is 10.2 Å². The molecule has 0 aromatic heterocycles. The maximum Gasteiger partial charge on any atom is 0.317 e. The summed E-state index contributed by atoms with van der Waals surface area (Å²) in [4.78, 5) is 24.9. The highest BCUT2D eigenvalue weighted by atomic mass is 19.2. The lowest BCUT2D eigenvalue weighted by Crippen LogP contribution is -2.49. The van der Waals surface area contributed by atoms with Gasteiger partial charge in [0.15, 0.2) is 11.6 Å². The van der Waals surface area contributed by atoms with Crippen LogP contribution in [-0.4, -0.2) is 35.1 Å². The lowest BCUT2D eigenvalue weighted by Gasteiger charge is -2.35. The number of piperidine rings is 1. The molecule has 126 valence electrons. The fraction of sp³-hybridized carbons (Fsp3) is 0.500. The second-order valence-electron chi connectivity index (χ2n) is 6.13. The van der Waals surface area contributed by atoms with E-state index in [2.05, 4.69) is 5.32 Å². The Bertz CT molecular complexity index is 609. The molecule has 1 aromatic carbocycles. The number of likely N-dealkylation sites (tertiary alicyclic amines) is 1. The Hall–Kier alpha value is -2.18. The van der Waals surface area contributed by atoms with Gasteiger partial charge in [-0.25, -0.2) is 13.6 Å². The number of hydrogen-bond donors (Lipinski definition) is 2. The molecule has 1 aliphatic heterocycles. The third-order valence-electron chi connectivity index (χ3n) is 4.08. The van der Waals surface area contributed by atoms with E-state index in [0.717, 1.165) is 12.1 Å². The Labute approximate surface area is 133 Å². The fourth-order valence-corrected chi connectivity index (χ4v) is 2.84. The monoisotopic (exact) mass is 326 g/mol. The number of nitrogens with one attached hydrogen (secondary N) is 1. The van der Waals surface area contributed by atoms with Crippen molar-refractivity contribution in [2.75, 3.05) is 13.1 Å². The average Bonchev–Trinajstić information content (AvgIpc) is 2.49. The number of halogens is 2. The van der Waals surface area contributed by atoms with Crippen molar-refractivity contribution >= 4 is 12.0 Å². The standard InChI is InChI=1S/C16H20F2N2O3/c1-9-5-12(15(21)22)8-20(7-9)16(23)19-10(2)11-3-4-13(17)14(18)6-11/h3-4,6,9-10,12H,5,7-8H2,1-2H3,(H,19,23)(H,21,22). The summed E-state index contributed by atoms with van der Waals surface area (Å²) in [5.74, 6) is -3.32. The number of carboxylic acids is 1. The molecule has 0 bridgehead atoms. The quantitative estimate of drug-likeness (QED) is 0.897. The Morgan fingerprint density at radius 3 is 2.61 bits per heavy atom. The van der Waals surface area contributed by atoms with Crippen molar-refractivity contribution in [1.29, 1.82) is 0 Å². The van der Waals surface area contributed by atoms with Crippen molar-refractivity contribution < 1.29 is 23.5 Å². The average molecular weight is 326 g/mol. The van der Waals surface area contributed by atoms with Crippen LogP contribution < -0.4 is 5.32 Å². The van der Waals surface area contributed by atoms with Crippen molar-refractivity contribution in [2.24, 2.45) is 11.8 Å². The van der Waals surface area contributed by atoms with Crippen LogP contribution in [0.4, 0.5) is 13.6 Å². The van der Waals surface area contributed by atoms with Gasteiger partial charge in [0.1, 0.15) is 0 Å². The molecule has 1 aliphatic rings. The van der Waals surface area contributed by atoms with Crippen molar-refractivity contribution in [3.8, 4) is 0 Å². The maximum absolute atomic E-state index is 13.3. The number of carbonyl (C=O) groups excluding carboxylic acids is 1. The van der Waals surface area contributed by atoms with E-state index < -0.39 is 35.6 Å². The van der Waals surface area contributed by atoms with E-state index >= 15 is 0 Å². The Morgan fingerprint density at radius 1 is 1.30 bits per heavy atom. The SMILES string of the molecule is CC1CC(C(=O)O)CN(C(=O)NC(C)c2ccc(F)c(F)c2)C1. The van der Waals surface area contributed by atoms with E-state index in [1.807, 2.05) is 6.92 Å². The molecule has 0 saturated carbocycles. The number of aliphatic carboxylic acids is 1. The van der Waals surface area contributed by atoms with E-state index in [1.54, 1.807) is 6.92 Å². The van der Waals surface area contributed by atoms with Gasteiger partial charge < -0.3 is 15.3 Å². The van der Waals surface area contributed by atoms with Gasteiger partial charge >= 0.3 is 12.0 Å². The van der Waals surface area contributed by atoms with Crippen LogP contribution in [0.25, 0.3) is 0 Å². The predicted octanol–water partition coefficient (Wildman–Crippen LogP) is 2.78. The minimum atomic E-state index is -0.971. The van der Waals surface area contributed by atoms with Gasteiger partial charge in [-0.05, 0) is 37.0 Å². The molecule has 2 amide bonds. The molecule has 3 atom stereocenters. The van der Waals surface area contributed by atoms with Crippen LogP contribution in [0, 0.1) is 23.5 Å². The number of carbonyl (C=O) groups is 2. The largest absolute Gasteiger partial charge is 0.481 e. The maximum atomic E-state index is 13.3. The summed E-state index contributed by atoms with van der Waals surface area (Å²) < 4.78 is 26.2. The number of amides is 2. The lowest BCUT2D eigenvalue weighted by atomic mass is 9.91. The normalized spacial score (nSPS) is 22.5. The summed E-state index contributed by atoms with van der Waals surface area (Å²) >= 11 is 0. The minimum Gasteiger partial charge on any atom is -0.481 e. The van der Waals surface area contributed by atoms with E-state index in [0.29, 0.717) is 18.5 Å². The molecule has 0 spiro atoms. The Morgan fingerprint density at radius 2 is 2.00 bits per heavy atom. The molecule has 3 unspecified atom stereocenters. The number of carboxylic acid groups (broad SMARTS) is 1. The first-order chi connectivity index (χ1) is 10.8. The molecule has 7 heteroatoms. The van der Waals surface area contributed by atoms with Crippen LogP contribution >= 0.6 is 0 Å². The van der Waals surface area contributed by atoms with Gasteiger partial charge in [-0.15, -0.1) is 0 Å². The summed E-state index contributed by atoms with van der Waals surface area (Å²) in [6.07, 6.45) is 0.540. The number of nitrogens with zero attached hydrogens (tertiary/aromatic N) is 1. The van der Waals surface area contributed by atoms with Crippen LogP contribution in [-0.2, 0) is 4.79 Å². The van der Waals surface area contributed by atoms with Gasteiger partial charge in [0.2, 0.25) is 0 Å². The van der Waals surface area contributed by atoms with E-state index in [4.69, 9.17) is 5.11 Å². The first-order valence-corrected chi connectivity index (χ1v) is 7.51. The van der Waals surface area contributed by atoms with Crippen LogP contribution in [0.2, 0.25) is 0 Å². The third-order valence-corrected chi connectivity index (χ3v) is 4.08.